The zero-order valence-electron chi connectivity index (χ0n) is 13.1. The highest BCUT2D eigenvalue weighted by Crippen LogP contribution is 2.14. The lowest BCUT2D eigenvalue weighted by Crippen LogP contribution is -2.35. The Labute approximate surface area is 134 Å². The number of hydrogen-bond acceptors (Lipinski definition) is 2. The molecule has 0 bridgehead atoms. The molecule has 2 aromatic rings. The van der Waals surface area contributed by atoms with E-state index >= 15 is 0 Å². The van der Waals surface area contributed by atoms with E-state index in [1.807, 2.05) is 6.07 Å². The van der Waals surface area contributed by atoms with Crippen LogP contribution in [0.3, 0.4) is 0 Å². The Morgan fingerprint density at radius 3 is 2.48 bits per heavy atom. The van der Waals surface area contributed by atoms with Crippen molar-refractivity contribution in [1.29, 1.82) is 0 Å². The van der Waals surface area contributed by atoms with Gasteiger partial charge in [0.15, 0.2) is 0 Å². The van der Waals surface area contributed by atoms with Gasteiger partial charge in [-0.3, -0.25) is 9.59 Å². The summed E-state index contributed by atoms with van der Waals surface area (Å²) in [5, 5.41) is 5.38. The third-order valence-electron chi connectivity index (χ3n) is 3.36. The van der Waals surface area contributed by atoms with Crippen molar-refractivity contribution >= 4 is 17.5 Å². The lowest BCUT2D eigenvalue weighted by molar-refractivity contribution is -0.116. The predicted octanol–water partition coefficient (Wildman–Crippen LogP) is 3.28. The summed E-state index contributed by atoms with van der Waals surface area (Å²) >= 11 is 0. The summed E-state index contributed by atoms with van der Waals surface area (Å²) in [6, 6.07) is 13.0. The second-order valence-electron chi connectivity index (χ2n) is 5.46. The summed E-state index contributed by atoms with van der Waals surface area (Å²) in [5.41, 5.74) is 1.46. The van der Waals surface area contributed by atoms with Crippen LogP contribution in [0, 0.1) is 12.7 Å². The number of amides is 2. The van der Waals surface area contributed by atoms with Gasteiger partial charge >= 0.3 is 0 Å². The molecule has 120 valence electrons. The van der Waals surface area contributed by atoms with Crippen LogP contribution >= 0.6 is 0 Å². The molecule has 0 fully saturated rings. The van der Waals surface area contributed by atoms with Gasteiger partial charge in [-0.25, -0.2) is 4.39 Å². The Kier molecular flexibility index (Phi) is 5.46. The Balaban J connectivity index is 1.87. The zero-order valence-corrected chi connectivity index (χ0v) is 13.1. The predicted molar refractivity (Wildman–Crippen MR) is 87.8 cm³/mol. The molecule has 0 saturated heterocycles. The number of carbonyl (C=O) groups is 2. The SMILES string of the molecule is Cc1ccc(NC(=O)CC(C)NC(=O)c2ccccc2)cc1F. The van der Waals surface area contributed by atoms with Crippen molar-refractivity contribution in [2.45, 2.75) is 26.3 Å². The first-order valence-electron chi connectivity index (χ1n) is 7.37. The van der Waals surface area contributed by atoms with Gasteiger partial charge in [-0.15, -0.1) is 0 Å². The molecule has 0 heterocycles. The maximum Gasteiger partial charge on any atom is 0.251 e. The molecule has 1 unspecified atom stereocenters. The number of benzene rings is 2. The van der Waals surface area contributed by atoms with Crippen LogP contribution < -0.4 is 10.6 Å². The first-order valence-corrected chi connectivity index (χ1v) is 7.37. The number of halogens is 1. The number of aryl methyl sites for hydroxylation is 1. The standard InChI is InChI=1S/C18H19FN2O2/c1-12-8-9-15(11-16(12)19)21-17(22)10-13(2)20-18(23)14-6-4-3-5-7-14/h3-9,11,13H,10H2,1-2H3,(H,20,23)(H,21,22). The lowest BCUT2D eigenvalue weighted by Gasteiger charge is -2.14. The third kappa shape index (κ3) is 4.92. The molecule has 0 aliphatic heterocycles. The van der Waals surface area contributed by atoms with E-state index < -0.39 is 0 Å². The van der Waals surface area contributed by atoms with Gasteiger partial charge in [-0.05, 0) is 43.7 Å². The fourth-order valence-electron chi connectivity index (χ4n) is 2.11. The highest BCUT2D eigenvalue weighted by Gasteiger charge is 2.13. The first-order chi connectivity index (χ1) is 11.0. The summed E-state index contributed by atoms with van der Waals surface area (Å²) in [7, 11) is 0. The molecule has 0 spiro atoms. The second-order valence-corrected chi connectivity index (χ2v) is 5.46. The van der Waals surface area contributed by atoms with Crippen LogP contribution in [0.15, 0.2) is 48.5 Å². The minimum Gasteiger partial charge on any atom is -0.349 e. The molecule has 0 saturated carbocycles. The molecule has 2 aromatic carbocycles. The Hall–Kier alpha value is -2.69. The van der Waals surface area contributed by atoms with Crippen molar-refractivity contribution in [3.63, 3.8) is 0 Å². The van der Waals surface area contributed by atoms with Gasteiger partial charge in [0.1, 0.15) is 5.82 Å². The molecule has 1 atom stereocenters. The van der Waals surface area contributed by atoms with Gasteiger partial charge in [0.25, 0.3) is 5.91 Å². The van der Waals surface area contributed by atoms with Crippen LogP contribution in [0.2, 0.25) is 0 Å². The van der Waals surface area contributed by atoms with Gasteiger partial charge < -0.3 is 10.6 Å². The molecule has 2 amide bonds. The smallest absolute Gasteiger partial charge is 0.251 e. The zero-order chi connectivity index (χ0) is 16.8. The van der Waals surface area contributed by atoms with Crippen molar-refractivity contribution in [2.75, 3.05) is 5.32 Å². The van der Waals surface area contributed by atoms with Crippen LogP contribution in [-0.4, -0.2) is 17.9 Å². The average molecular weight is 314 g/mol. The first kappa shape index (κ1) is 16.7. The number of hydrogen-bond donors (Lipinski definition) is 2. The van der Waals surface area contributed by atoms with E-state index in [0.717, 1.165) is 0 Å². The number of carbonyl (C=O) groups excluding carboxylic acids is 2. The summed E-state index contributed by atoms with van der Waals surface area (Å²) in [6.07, 6.45) is 0.105. The summed E-state index contributed by atoms with van der Waals surface area (Å²) < 4.78 is 13.4. The van der Waals surface area contributed by atoms with E-state index in [-0.39, 0.29) is 30.1 Å². The molecule has 0 aromatic heterocycles. The largest absolute Gasteiger partial charge is 0.349 e. The molecular weight excluding hydrogens is 295 g/mol. The molecule has 2 rings (SSSR count). The van der Waals surface area contributed by atoms with Crippen molar-refractivity contribution in [3.05, 3.63) is 65.5 Å². The fraction of sp³-hybridized carbons (Fsp3) is 0.222. The normalized spacial score (nSPS) is 11.6. The van der Waals surface area contributed by atoms with E-state index in [1.165, 1.54) is 6.07 Å². The van der Waals surface area contributed by atoms with Crippen LogP contribution in [0.25, 0.3) is 0 Å². The van der Waals surface area contributed by atoms with Gasteiger partial charge in [0.05, 0.1) is 0 Å². The quantitative estimate of drug-likeness (QED) is 0.890. The van der Waals surface area contributed by atoms with Gasteiger partial charge in [-0.1, -0.05) is 24.3 Å². The molecule has 4 nitrogen and oxygen atoms in total. The minimum atomic E-state index is -0.367. The molecule has 0 radical (unpaired) electrons. The van der Waals surface area contributed by atoms with Gasteiger partial charge in [0, 0.05) is 23.7 Å². The van der Waals surface area contributed by atoms with Gasteiger partial charge in [0.2, 0.25) is 5.91 Å². The van der Waals surface area contributed by atoms with E-state index in [1.54, 1.807) is 50.2 Å². The van der Waals surface area contributed by atoms with E-state index in [4.69, 9.17) is 0 Å². The fourth-order valence-corrected chi connectivity index (χ4v) is 2.11. The monoisotopic (exact) mass is 314 g/mol. The van der Waals surface area contributed by atoms with E-state index in [9.17, 15) is 14.0 Å². The number of rotatable bonds is 5. The molecule has 5 heteroatoms. The van der Waals surface area contributed by atoms with Crippen LogP contribution in [-0.2, 0) is 4.79 Å². The van der Waals surface area contributed by atoms with Crippen LogP contribution in [0.1, 0.15) is 29.3 Å². The van der Waals surface area contributed by atoms with E-state index in [2.05, 4.69) is 10.6 Å². The lowest BCUT2D eigenvalue weighted by atomic mass is 10.1. The molecule has 2 N–H and O–H groups in total. The van der Waals surface area contributed by atoms with Crippen LogP contribution in [0.5, 0.6) is 0 Å². The maximum atomic E-state index is 13.4. The molecule has 0 aliphatic rings. The molecule has 0 aliphatic carbocycles. The summed E-state index contributed by atoms with van der Waals surface area (Å²) in [4.78, 5) is 23.9. The van der Waals surface area contributed by atoms with Crippen molar-refractivity contribution in [1.82, 2.24) is 5.32 Å². The topological polar surface area (TPSA) is 58.2 Å². The minimum absolute atomic E-state index is 0.105. The summed E-state index contributed by atoms with van der Waals surface area (Å²) in [5.74, 6) is -0.880. The van der Waals surface area contributed by atoms with Crippen LogP contribution in [0.4, 0.5) is 10.1 Å². The van der Waals surface area contributed by atoms with Crippen molar-refractivity contribution in [2.24, 2.45) is 0 Å². The van der Waals surface area contributed by atoms with E-state index in [0.29, 0.717) is 16.8 Å². The summed E-state index contributed by atoms with van der Waals surface area (Å²) in [6.45, 7) is 3.40. The molecular formula is C18H19FN2O2. The number of anilines is 1. The highest BCUT2D eigenvalue weighted by molar-refractivity contribution is 5.95. The third-order valence-corrected chi connectivity index (χ3v) is 3.36. The second kappa shape index (κ2) is 7.54. The Morgan fingerprint density at radius 2 is 1.83 bits per heavy atom. The van der Waals surface area contributed by atoms with Crippen molar-refractivity contribution < 1.29 is 14.0 Å². The molecule has 23 heavy (non-hydrogen) atoms. The van der Waals surface area contributed by atoms with Gasteiger partial charge in [-0.2, -0.15) is 0 Å². The average Bonchev–Trinajstić information content (AvgIpc) is 2.51. The highest BCUT2D eigenvalue weighted by atomic mass is 19.1. The number of nitrogens with one attached hydrogen (secondary N) is 2. The Morgan fingerprint density at radius 1 is 1.13 bits per heavy atom. The maximum absolute atomic E-state index is 13.4. The van der Waals surface area contributed by atoms with Crippen molar-refractivity contribution in [3.8, 4) is 0 Å². The Bertz CT molecular complexity index is 701.